The third-order valence-corrected chi connectivity index (χ3v) is 4.80. The molecule has 6 nitrogen and oxygen atoms in total. The lowest BCUT2D eigenvalue weighted by Crippen LogP contribution is -2.15. The predicted octanol–water partition coefficient (Wildman–Crippen LogP) is 2.54. The number of nitro groups is 1. The summed E-state index contributed by atoms with van der Waals surface area (Å²) in [5.74, 6) is -0.600. The van der Waals surface area contributed by atoms with Crippen LogP contribution in [0.5, 0.6) is 0 Å². The van der Waals surface area contributed by atoms with Gasteiger partial charge in [0, 0.05) is 17.7 Å². The fourth-order valence-corrected chi connectivity index (χ4v) is 2.68. The number of anilines is 1. The lowest BCUT2D eigenvalue weighted by atomic mass is 10.0. The smallest absolute Gasteiger partial charge is 0.292 e. The van der Waals surface area contributed by atoms with Crippen LogP contribution in [-0.2, 0) is 0 Å². The van der Waals surface area contributed by atoms with Crippen molar-refractivity contribution in [1.82, 2.24) is 0 Å². The fraction of sp³-hybridized carbons (Fsp3) is 0.500. The van der Waals surface area contributed by atoms with Crippen molar-refractivity contribution in [2.75, 3.05) is 5.32 Å². The van der Waals surface area contributed by atoms with Gasteiger partial charge in [0.1, 0.15) is 5.69 Å². The largest absolute Gasteiger partial charge is 0.376 e. The molecule has 1 aromatic carbocycles. The van der Waals surface area contributed by atoms with Crippen molar-refractivity contribution in [2.45, 2.75) is 33.7 Å². The molecule has 0 aromatic heterocycles. The van der Waals surface area contributed by atoms with Crippen LogP contribution in [0.25, 0.3) is 0 Å². The molecule has 1 aromatic rings. The quantitative estimate of drug-likeness (QED) is 0.652. The lowest BCUT2D eigenvalue weighted by molar-refractivity contribution is -0.384. The summed E-state index contributed by atoms with van der Waals surface area (Å²) >= 11 is 0. The third-order valence-electron chi connectivity index (χ3n) is 4.80. The van der Waals surface area contributed by atoms with Gasteiger partial charge in [0.25, 0.3) is 5.69 Å². The first kappa shape index (κ1) is 14.3. The zero-order chi connectivity index (χ0) is 15.3. The average molecular weight is 277 g/mol. The molecule has 0 saturated heterocycles. The molecule has 1 amide bonds. The van der Waals surface area contributed by atoms with E-state index in [2.05, 4.69) is 33.0 Å². The summed E-state index contributed by atoms with van der Waals surface area (Å²) in [6.07, 6.45) is 0. The van der Waals surface area contributed by atoms with Crippen LogP contribution in [0.3, 0.4) is 0 Å². The standard InChI is InChI=1S/C14H19N3O3/c1-13(2)12(14(13,3)4)16-9-7-8(11(15)18)5-6-10(9)17(19)20/h5-7,12,16H,1-4H3,(H2,15,18). The SMILES string of the molecule is CC1(C)C(Nc2cc(C(N)=O)ccc2[N+](=O)[O-])C1(C)C. The number of rotatable bonds is 4. The van der Waals surface area contributed by atoms with E-state index in [-0.39, 0.29) is 28.1 Å². The number of amides is 1. The molecular formula is C14H19N3O3. The maximum absolute atomic E-state index is 11.2. The highest BCUT2D eigenvalue weighted by Crippen LogP contribution is 2.64. The Morgan fingerprint density at radius 2 is 1.85 bits per heavy atom. The van der Waals surface area contributed by atoms with E-state index in [4.69, 9.17) is 5.73 Å². The van der Waals surface area contributed by atoms with Gasteiger partial charge in [0.2, 0.25) is 5.91 Å². The van der Waals surface area contributed by atoms with Crippen molar-refractivity contribution in [3.05, 3.63) is 33.9 Å². The van der Waals surface area contributed by atoms with Gasteiger partial charge in [0.05, 0.1) is 4.92 Å². The van der Waals surface area contributed by atoms with E-state index in [0.29, 0.717) is 5.69 Å². The molecule has 0 heterocycles. The number of nitrogens with zero attached hydrogens (tertiary/aromatic N) is 1. The highest BCUT2D eigenvalue weighted by atomic mass is 16.6. The highest BCUT2D eigenvalue weighted by molar-refractivity contribution is 5.94. The Morgan fingerprint density at radius 1 is 1.30 bits per heavy atom. The molecular weight excluding hydrogens is 258 g/mol. The molecule has 1 aliphatic rings. The van der Waals surface area contributed by atoms with E-state index in [0.717, 1.165) is 0 Å². The van der Waals surface area contributed by atoms with Crippen molar-refractivity contribution in [1.29, 1.82) is 0 Å². The Balaban J connectivity index is 2.37. The number of hydrogen-bond acceptors (Lipinski definition) is 4. The summed E-state index contributed by atoms with van der Waals surface area (Å²) in [5, 5.41) is 14.3. The molecule has 0 unspecified atom stereocenters. The van der Waals surface area contributed by atoms with Gasteiger partial charge < -0.3 is 11.1 Å². The Morgan fingerprint density at radius 3 is 2.25 bits per heavy atom. The fourth-order valence-electron chi connectivity index (χ4n) is 2.68. The van der Waals surface area contributed by atoms with Gasteiger partial charge in [-0.25, -0.2) is 0 Å². The van der Waals surface area contributed by atoms with E-state index in [1.165, 1.54) is 18.2 Å². The Bertz CT molecular complexity index is 579. The number of nitro benzene ring substituents is 1. The molecule has 0 radical (unpaired) electrons. The minimum atomic E-state index is -0.600. The minimum absolute atomic E-state index is 0.0313. The molecule has 20 heavy (non-hydrogen) atoms. The summed E-state index contributed by atoms with van der Waals surface area (Å²) in [6, 6.07) is 4.24. The van der Waals surface area contributed by atoms with E-state index >= 15 is 0 Å². The highest BCUT2D eigenvalue weighted by Gasteiger charge is 2.65. The molecule has 6 heteroatoms. The van der Waals surface area contributed by atoms with E-state index in [9.17, 15) is 14.9 Å². The zero-order valence-electron chi connectivity index (χ0n) is 12.1. The average Bonchev–Trinajstić information content (AvgIpc) is 2.71. The first-order valence-corrected chi connectivity index (χ1v) is 6.44. The molecule has 0 aliphatic heterocycles. The van der Waals surface area contributed by atoms with Gasteiger partial charge in [-0.2, -0.15) is 0 Å². The van der Waals surface area contributed by atoms with Gasteiger partial charge in [-0.15, -0.1) is 0 Å². The second-order valence-corrected chi connectivity index (χ2v) is 6.37. The van der Waals surface area contributed by atoms with Crippen LogP contribution in [0.4, 0.5) is 11.4 Å². The van der Waals surface area contributed by atoms with Crippen LogP contribution in [0.1, 0.15) is 38.1 Å². The van der Waals surface area contributed by atoms with Crippen molar-refractivity contribution in [3.63, 3.8) is 0 Å². The van der Waals surface area contributed by atoms with E-state index < -0.39 is 10.8 Å². The molecule has 0 spiro atoms. The molecule has 0 atom stereocenters. The van der Waals surface area contributed by atoms with Crippen LogP contribution >= 0.6 is 0 Å². The molecule has 1 fully saturated rings. The van der Waals surface area contributed by atoms with Crippen molar-refractivity contribution in [3.8, 4) is 0 Å². The third kappa shape index (κ3) is 2.01. The van der Waals surface area contributed by atoms with E-state index in [1.807, 2.05) is 0 Å². The molecule has 1 aliphatic carbocycles. The Kier molecular flexibility index (Phi) is 3.00. The summed E-state index contributed by atoms with van der Waals surface area (Å²) in [4.78, 5) is 21.8. The van der Waals surface area contributed by atoms with Gasteiger partial charge in [0.15, 0.2) is 0 Å². The Hall–Kier alpha value is -2.11. The Labute approximate surface area is 117 Å². The lowest BCUT2D eigenvalue weighted by Gasteiger charge is -2.10. The second-order valence-electron chi connectivity index (χ2n) is 6.37. The number of primary amides is 1. The first-order chi connectivity index (χ1) is 9.09. The molecule has 2 rings (SSSR count). The van der Waals surface area contributed by atoms with Gasteiger partial charge in [-0.1, -0.05) is 27.7 Å². The molecule has 0 bridgehead atoms. The number of carbonyl (C=O) groups excluding carboxylic acids is 1. The van der Waals surface area contributed by atoms with Crippen LogP contribution < -0.4 is 11.1 Å². The topological polar surface area (TPSA) is 98.3 Å². The van der Waals surface area contributed by atoms with Crippen LogP contribution in [-0.4, -0.2) is 16.9 Å². The minimum Gasteiger partial charge on any atom is -0.376 e. The van der Waals surface area contributed by atoms with Crippen LogP contribution in [0, 0.1) is 20.9 Å². The maximum atomic E-state index is 11.2. The van der Waals surface area contributed by atoms with Crippen molar-refractivity contribution < 1.29 is 9.72 Å². The van der Waals surface area contributed by atoms with Gasteiger partial charge in [-0.3, -0.25) is 14.9 Å². The summed E-state index contributed by atoms with van der Waals surface area (Å²) in [6.45, 7) is 8.42. The molecule has 3 N–H and O–H groups in total. The van der Waals surface area contributed by atoms with E-state index in [1.54, 1.807) is 0 Å². The van der Waals surface area contributed by atoms with Crippen LogP contribution in [0.15, 0.2) is 18.2 Å². The first-order valence-electron chi connectivity index (χ1n) is 6.44. The van der Waals surface area contributed by atoms with Crippen LogP contribution in [0.2, 0.25) is 0 Å². The van der Waals surface area contributed by atoms with Gasteiger partial charge >= 0.3 is 0 Å². The summed E-state index contributed by atoms with van der Waals surface area (Å²) < 4.78 is 0. The van der Waals surface area contributed by atoms with Gasteiger partial charge in [-0.05, 0) is 23.0 Å². The van der Waals surface area contributed by atoms with Crippen molar-refractivity contribution in [2.24, 2.45) is 16.6 Å². The monoisotopic (exact) mass is 277 g/mol. The normalized spacial score (nSPS) is 19.4. The molecule has 108 valence electrons. The number of carbonyl (C=O) groups is 1. The number of hydrogen-bond donors (Lipinski definition) is 2. The summed E-state index contributed by atoms with van der Waals surface area (Å²) in [7, 11) is 0. The number of nitrogens with one attached hydrogen (secondary N) is 1. The number of benzene rings is 1. The zero-order valence-corrected chi connectivity index (χ0v) is 12.1. The second kappa shape index (κ2) is 4.19. The molecule has 1 saturated carbocycles. The van der Waals surface area contributed by atoms with Crippen molar-refractivity contribution >= 4 is 17.3 Å². The number of nitrogens with two attached hydrogens (primary N) is 1. The summed E-state index contributed by atoms with van der Waals surface area (Å²) in [5.41, 5.74) is 5.84. The predicted molar refractivity (Wildman–Crippen MR) is 76.6 cm³/mol. The maximum Gasteiger partial charge on any atom is 0.292 e.